The monoisotopic (exact) mass is 404 g/mol. The van der Waals surface area contributed by atoms with E-state index in [1.807, 2.05) is 0 Å². The molecule has 4 heterocycles. The first-order chi connectivity index (χ1) is 14.7. The zero-order valence-corrected chi connectivity index (χ0v) is 17.6. The van der Waals surface area contributed by atoms with Crippen LogP contribution in [-0.4, -0.2) is 46.7 Å². The van der Waals surface area contributed by atoms with Crippen molar-refractivity contribution >= 4 is 11.5 Å². The zero-order chi connectivity index (χ0) is 20.1. The predicted molar refractivity (Wildman–Crippen MR) is 116 cm³/mol. The molecule has 0 N–H and O–H groups in total. The molecular formula is C24H28N4O2. The van der Waals surface area contributed by atoms with Crippen molar-refractivity contribution in [3.8, 4) is 11.3 Å². The highest BCUT2D eigenvalue weighted by Crippen LogP contribution is 2.37. The molecule has 0 radical (unpaired) electrons. The number of rotatable bonds is 2. The second-order valence-corrected chi connectivity index (χ2v) is 8.83. The largest absolute Gasteiger partial charge is 0.356 e. The summed E-state index contributed by atoms with van der Waals surface area (Å²) in [7, 11) is 0. The van der Waals surface area contributed by atoms with Crippen molar-refractivity contribution in [1.29, 1.82) is 0 Å². The third-order valence-corrected chi connectivity index (χ3v) is 6.80. The van der Waals surface area contributed by atoms with E-state index < -0.39 is 0 Å². The van der Waals surface area contributed by atoms with E-state index in [9.17, 15) is 0 Å². The van der Waals surface area contributed by atoms with Gasteiger partial charge in [-0.3, -0.25) is 0 Å². The number of anilines is 1. The molecule has 30 heavy (non-hydrogen) atoms. The van der Waals surface area contributed by atoms with E-state index in [0.717, 1.165) is 55.7 Å². The molecule has 6 heteroatoms. The van der Waals surface area contributed by atoms with Gasteiger partial charge in [-0.15, -0.1) is 0 Å². The first kappa shape index (κ1) is 18.3. The lowest BCUT2D eigenvalue weighted by Crippen LogP contribution is -2.46. The normalized spacial score (nSPS) is 20.8. The molecule has 1 aromatic carbocycles. The van der Waals surface area contributed by atoms with Gasteiger partial charge in [-0.1, -0.05) is 23.8 Å². The minimum atomic E-state index is -0.362. The van der Waals surface area contributed by atoms with E-state index in [1.54, 1.807) is 0 Å². The van der Waals surface area contributed by atoms with Gasteiger partial charge in [0, 0.05) is 48.8 Å². The molecule has 1 spiro atoms. The maximum Gasteiger partial charge on any atom is 0.171 e. The lowest BCUT2D eigenvalue weighted by atomic mass is 9.95. The molecule has 2 aromatic heterocycles. The van der Waals surface area contributed by atoms with E-state index in [-0.39, 0.29) is 5.79 Å². The first-order valence-electron chi connectivity index (χ1n) is 11.2. The molecule has 156 valence electrons. The van der Waals surface area contributed by atoms with E-state index in [0.29, 0.717) is 13.2 Å². The summed E-state index contributed by atoms with van der Waals surface area (Å²) in [4.78, 5) is 7.52. The van der Waals surface area contributed by atoms with Crippen LogP contribution >= 0.6 is 0 Å². The molecule has 2 fully saturated rings. The Morgan fingerprint density at radius 2 is 1.80 bits per heavy atom. The number of aromatic nitrogens is 3. The van der Waals surface area contributed by atoms with Crippen LogP contribution in [-0.2, 0) is 22.3 Å². The number of ether oxygens (including phenoxy) is 2. The molecule has 0 atom stereocenters. The summed E-state index contributed by atoms with van der Waals surface area (Å²) in [5.41, 5.74) is 6.98. The van der Waals surface area contributed by atoms with Crippen molar-refractivity contribution in [2.45, 2.75) is 51.2 Å². The van der Waals surface area contributed by atoms with Gasteiger partial charge in [0.05, 0.1) is 18.9 Å². The predicted octanol–water partition coefficient (Wildman–Crippen LogP) is 3.93. The van der Waals surface area contributed by atoms with Crippen LogP contribution in [0, 0.1) is 6.92 Å². The fraction of sp³-hybridized carbons (Fsp3) is 0.500. The molecule has 0 saturated carbocycles. The molecule has 1 aliphatic carbocycles. The molecule has 0 amide bonds. The van der Waals surface area contributed by atoms with Gasteiger partial charge in [0.25, 0.3) is 0 Å². The zero-order valence-electron chi connectivity index (χ0n) is 17.6. The Hall–Kier alpha value is -2.44. The van der Waals surface area contributed by atoms with Crippen molar-refractivity contribution in [2.24, 2.45) is 0 Å². The van der Waals surface area contributed by atoms with Crippen molar-refractivity contribution in [3.05, 3.63) is 47.2 Å². The molecular weight excluding hydrogens is 376 g/mol. The van der Waals surface area contributed by atoms with Crippen LogP contribution in [0.5, 0.6) is 0 Å². The van der Waals surface area contributed by atoms with Gasteiger partial charge >= 0.3 is 0 Å². The minimum absolute atomic E-state index is 0.362. The summed E-state index contributed by atoms with van der Waals surface area (Å²) in [6.07, 6.45) is 6.40. The van der Waals surface area contributed by atoms with E-state index in [2.05, 4.69) is 46.7 Å². The molecule has 6 rings (SSSR count). The summed E-state index contributed by atoms with van der Waals surface area (Å²) in [5.74, 6) is 0.876. The summed E-state index contributed by atoms with van der Waals surface area (Å²) >= 11 is 0. The second kappa shape index (κ2) is 7.06. The number of benzene rings is 1. The molecule has 2 saturated heterocycles. The average molecular weight is 405 g/mol. The van der Waals surface area contributed by atoms with Crippen LogP contribution in [0.1, 0.15) is 42.5 Å². The van der Waals surface area contributed by atoms with Crippen LogP contribution in [0.15, 0.2) is 30.3 Å². The molecule has 6 nitrogen and oxygen atoms in total. The van der Waals surface area contributed by atoms with Crippen LogP contribution in [0.2, 0.25) is 0 Å². The van der Waals surface area contributed by atoms with Gasteiger partial charge in [0.1, 0.15) is 5.82 Å². The minimum Gasteiger partial charge on any atom is -0.356 e. The van der Waals surface area contributed by atoms with Crippen LogP contribution in [0.4, 0.5) is 5.82 Å². The van der Waals surface area contributed by atoms with Gasteiger partial charge in [0.2, 0.25) is 0 Å². The number of nitrogens with zero attached hydrogens (tertiary/aromatic N) is 4. The maximum absolute atomic E-state index is 5.96. The summed E-state index contributed by atoms with van der Waals surface area (Å²) in [6.45, 7) is 5.40. The SMILES string of the molecule is Cc1cccc(-c2cc3nc4c(c(N5CCC6(CC5)OCCO6)n3n2)CCCC4)c1. The van der Waals surface area contributed by atoms with E-state index in [1.165, 1.54) is 35.5 Å². The lowest BCUT2D eigenvalue weighted by molar-refractivity contribution is -0.169. The van der Waals surface area contributed by atoms with Crippen LogP contribution < -0.4 is 4.90 Å². The summed E-state index contributed by atoms with van der Waals surface area (Å²) in [6, 6.07) is 10.7. The molecule has 2 aliphatic heterocycles. The van der Waals surface area contributed by atoms with Crippen molar-refractivity contribution in [2.75, 3.05) is 31.2 Å². The molecule has 3 aromatic rings. The Morgan fingerprint density at radius 3 is 2.60 bits per heavy atom. The molecule has 0 bridgehead atoms. The first-order valence-corrected chi connectivity index (χ1v) is 11.2. The Balaban J connectivity index is 1.44. The van der Waals surface area contributed by atoms with Gasteiger partial charge in [0.15, 0.2) is 11.4 Å². The van der Waals surface area contributed by atoms with Gasteiger partial charge in [-0.2, -0.15) is 9.61 Å². The van der Waals surface area contributed by atoms with Gasteiger partial charge in [-0.05, 0) is 38.7 Å². The van der Waals surface area contributed by atoms with Crippen LogP contribution in [0.3, 0.4) is 0 Å². The highest BCUT2D eigenvalue weighted by Gasteiger charge is 2.41. The van der Waals surface area contributed by atoms with Crippen molar-refractivity contribution in [1.82, 2.24) is 14.6 Å². The standard InChI is InChI=1S/C24H28N4O2/c1-17-5-4-6-18(15-17)21-16-22-25-20-8-3-2-7-19(20)23(28(22)26-21)27-11-9-24(10-12-27)29-13-14-30-24/h4-6,15-16H,2-3,7-14H2,1H3. The summed E-state index contributed by atoms with van der Waals surface area (Å²) < 4.78 is 14.0. The van der Waals surface area contributed by atoms with Gasteiger partial charge < -0.3 is 14.4 Å². The van der Waals surface area contributed by atoms with Crippen molar-refractivity contribution in [3.63, 3.8) is 0 Å². The third-order valence-electron chi connectivity index (χ3n) is 6.80. The number of hydrogen-bond acceptors (Lipinski definition) is 5. The molecule has 3 aliphatic rings. The number of hydrogen-bond donors (Lipinski definition) is 0. The summed E-state index contributed by atoms with van der Waals surface area (Å²) in [5, 5.41) is 5.05. The van der Waals surface area contributed by atoms with Gasteiger partial charge in [-0.25, -0.2) is 4.98 Å². The fourth-order valence-corrected chi connectivity index (χ4v) is 5.24. The van der Waals surface area contributed by atoms with E-state index in [4.69, 9.17) is 19.6 Å². The van der Waals surface area contributed by atoms with Crippen LogP contribution in [0.25, 0.3) is 16.9 Å². The Bertz CT molecular complexity index is 1090. The Morgan fingerprint density at radius 1 is 1.00 bits per heavy atom. The second-order valence-electron chi connectivity index (χ2n) is 8.83. The average Bonchev–Trinajstić information content (AvgIpc) is 3.40. The Kier molecular flexibility index (Phi) is 4.32. The lowest BCUT2D eigenvalue weighted by Gasteiger charge is -2.39. The highest BCUT2D eigenvalue weighted by atomic mass is 16.7. The third kappa shape index (κ3) is 3.01. The number of piperidine rings is 1. The molecule has 0 unspecified atom stereocenters. The Labute approximate surface area is 176 Å². The van der Waals surface area contributed by atoms with Crippen molar-refractivity contribution < 1.29 is 9.47 Å². The topological polar surface area (TPSA) is 51.9 Å². The fourth-order valence-electron chi connectivity index (χ4n) is 5.24. The van der Waals surface area contributed by atoms with E-state index >= 15 is 0 Å². The quantitative estimate of drug-likeness (QED) is 0.648. The number of fused-ring (bicyclic) bond motifs is 2. The smallest absolute Gasteiger partial charge is 0.171 e. The number of aryl methyl sites for hydroxylation is 2. The highest BCUT2D eigenvalue weighted by molar-refractivity contribution is 5.68. The maximum atomic E-state index is 5.96.